The number of thiophene rings is 1. The third-order valence-electron chi connectivity index (χ3n) is 5.96. The zero-order valence-electron chi connectivity index (χ0n) is 21.4. The molecule has 3 aromatic rings. The Labute approximate surface area is 230 Å². The molecule has 0 radical (unpaired) electrons. The predicted octanol–water partition coefficient (Wildman–Crippen LogP) is 4.77. The van der Waals surface area contributed by atoms with Crippen molar-refractivity contribution in [2.45, 2.75) is 26.1 Å². The maximum atomic E-state index is 13.3. The van der Waals surface area contributed by atoms with Crippen molar-refractivity contribution in [1.29, 1.82) is 0 Å². The van der Waals surface area contributed by atoms with Gasteiger partial charge in [0.25, 0.3) is 5.91 Å². The van der Waals surface area contributed by atoms with Crippen LogP contribution in [-0.4, -0.2) is 34.7 Å². The van der Waals surface area contributed by atoms with Gasteiger partial charge in [0.15, 0.2) is 0 Å². The smallest absolute Gasteiger partial charge is 0.255 e. The normalized spacial score (nSPS) is 15.1. The van der Waals surface area contributed by atoms with Crippen LogP contribution >= 0.6 is 11.3 Å². The molecule has 5 N–H and O–H groups in total. The monoisotopic (exact) mass is 544 g/mol. The molecule has 0 fully saturated rings. The molecule has 2 aromatic heterocycles. The number of nitrogens with two attached hydrogens (primary N) is 1. The number of carbonyl (C=O) groups is 1. The molecule has 200 valence electrons. The number of aliphatic hydroxyl groups excluding tert-OH is 1. The van der Waals surface area contributed by atoms with E-state index in [1.54, 1.807) is 35.6 Å². The summed E-state index contributed by atoms with van der Waals surface area (Å²) in [5.74, 6) is 0.126. The minimum atomic E-state index is -0.360. The minimum absolute atomic E-state index is 0.246. The average molecular weight is 545 g/mol. The largest absolute Gasteiger partial charge is 0.392 e. The first-order valence-corrected chi connectivity index (χ1v) is 13.0. The molecule has 1 aliphatic heterocycles. The lowest BCUT2D eigenvalue weighted by Gasteiger charge is -2.17. The fraction of sp³-hybridized carbons (Fsp3) is 0.172. The Morgan fingerprint density at radius 1 is 1.28 bits per heavy atom. The van der Waals surface area contributed by atoms with Crippen LogP contribution in [0.5, 0.6) is 0 Å². The van der Waals surface area contributed by atoms with Gasteiger partial charge in [0.1, 0.15) is 23.8 Å². The van der Waals surface area contributed by atoms with E-state index in [-0.39, 0.29) is 24.4 Å². The van der Waals surface area contributed by atoms with Crippen molar-refractivity contribution in [1.82, 2.24) is 10.3 Å². The van der Waals surface area contributed by atoms with Gasteiger partial charge in [0.2, 0.25) is 0 Å². The summed E-state index contributed by atoms with van der Waals surface area (Å²) in [4.78, 5) is 27.8. The van der Waals surface area contributed by atoms with Crippen molar-refractivity contribution < 1.29 is 14.3 Å². The Bertz CT molecular complexity index is 1470. The first kappa shape index (κ1) is 27.6. The first-order chi connectivity index (χ1) is 18.9. The van der Waals surface area contributed by atoms with Crippen LogP contribution in [-0.2, 0) is 13.2 Å². The van der Waals surface area contributed by atoms with Gasteiger partial charge >= 0.3 is 0 Å². The van der Waals surface area contributed by atoms with Gasteiger partial charge in [0, 0.05) is 21.5 Å². The summed E-state index contributed by atoms with van der Waals surface area (Å²) in [5.41, 5.74) is 9.36. The van der Waals surface area contributed by atoms with Crippen LogP contribution in [0, 0.1) is 5.82 Å². The van der Waals surface area contributed by atoms with Crippen molar-refractivity contribution in [3.05, 3.63) is 111 Å². The van der Waals surface area contributed by atoms with Crippen LogP contribution in [0.4, 0.5) is 10.2 Å². The quantitative estimate of drug-likeness (QED) is 0.274. The molecule has 1 atom stereocenters. The number of rotatable bonds is 10. The fourth-order valence-electron chi connectivity index (χ4n) is 3.86. The number of hydrogen-bond donors (Lipinski definition) is 4. The third-order valence-corrected chi connectivity index (χ3v) is 7.10. The summed E-state index contributed by atoms with van der Waals surface area (Å²) in [6.07, 6.45) is 8.56. The molecule has 0 saturated carbocycles. The summed E-state index contributed by atoms with van der Waals surface area (Å²) in [6.45, 7) is 6.28. The Morgan fingerprint density at radius 2 is 2.08 bits per heavy atom. The number of nitrogens with one attached hydrogen (secondary N) is 2. The van der Waals surface area contributed by atoms with E-state index in [4.69, 9.17) is 5.73 Å². The molecule has 0 aliphatic carbocycles. The molecule has 1 aliphatic rings. The summed E-state index contributed by atoms with van der Waals surface area (Å²) in [7, 11) is 0. The number of amidine groups is 1. The van der Waals surface area contributed by atoms with E-state index in [9.17, 15) is 14.3 Å². The highest BCUT2D eigenvalue weighted by Gasteiger charge is 2.18. The van der Waals surface area contributed by atoms with E-state index in [1.807, 2.05) is 31.2 Å². The molecule has 1 aromatic carbocycles. The van der Waals surface area contributed by atoms with Gasteiger partial charge in [-0.15, -0.1) is 11.3 Å². The molecule has 10 heteroatoms. The summed E-state index contributed by atoms with van der Waals surface area (Å²) in [5, 5.41) is 15.8. The number of halogens is 1. The number of aliphatic hydroxyl groups is 1. The van der Waals surface area contributed by atoms with Crippen LogP contribution in [0.15, 0.2) is 89.0 Å². The van der Waals surface area contributed by atoms with E-state index in [1.165, 1.54) is 24.7 Å². The van der Waals surface area contributed by atoms with Gasteiger partial charge < -0.3 is 21.5 Å². The van der Waals surface area contributed by atoms with Crippen LogP contribution < -0.4 is 16.4 Å². The molecular formula is C29H29FN6O2S. The van der Waals surface area contributed by atoms with Crippen LogP contribution in [0.25, 0.3) is 5.57 Å². The SMILES string of the molecule is C=C/C=C(\C=C1/CN=CN=C1N)c1ccc(CNc2ncc(CO)cc2C(=O)NC(C)c2ccc(F)cc2)s1. The van der Waals surface area contributed by atoms with E-state index < -0.39 is 0 Å². The lowest BCUT2D eigenvalue weighted by Crippen LogP contribution is -2.28. The molecule has 4 rings (SSSR count). The summed E-state index contributed by atoms with van der Waals surface area (Å²) >= 11 is 1.58. The maximum Gasteiger partial charge on any atom is 0.255 e. The topological polar surface area (TPSA) is 125 Å². The number of amides is 1. The second-order valence-corrected chi connectivity index (χ2v) is 9.93. The van der Waals surface area contributed by atoms with E-state index in [0.717, 1.165) is 26.5 Å². The lowest BCUT2D eigenvalue weighted by molar-refractivity contribution is 0.0940. The Morgan fingerprint density at radius 3 is 2.79 bits per heavy atom. The third kappa shape index (κ3) is 7.13. The van der Waals surface area contributed by atoms with Crippen molar-refractivity contribution in [2.75, 3.05) is 11.9 Å². The van der Waals surface area contributed by atoms with E-state index in [0.29, 0.717) is 35.9 Å². The highest BCUT2D eigenvalue weighted by Crippen LogP contribution is 2.28. The molecule has 8 nitrogen and oxygen atoms in total. The number of anilines is 1. The number of benzene rings is 1. The number of carbonyl (C=O) groups excluding carboxylic acids is 1. The van der Waals surface area contributed by atoms with Gasteiger partial charge in [-0.1, -0.05) is 30.9 Å². The van der Waals surface area contributed by atoms with Gasteiger partial charge in [-0.05, 0) is 60.0 Å². The molecule has 0 spiro atoms. The highest BCUT2D eigenvalue weighted by molar-refractivity contribution is 7.13. The summed E-state index contributed by atoms with van der Waals surface area (Å²) in [6, 6.07) is 11.2. The zero-order valence-corrected chi connectivity index (χ0v) is 22.2. The van der Waals surface area contributed by atoms with E-state index in [2.05, 4.69) is 32.2 Å². The molecule has 0 saturated heterocycles. The van der Waals surface area contributed by atoms with Gasteiger partial charge in [0.05, 0.1) is 31.3 Å². The second-order valence-electron chi connectivity index (χ2n) is 8.76. The van der Waals surface area contributed by atoms with Crippen LogP contribution in [0.2, 0.25) is 0 Å². The lowest BCUT2D eigenvalue weighted by atomic mass is 10.1. The predicted molar refractivity (Wildman–Crippen MR) is 155 cm³/mol. The standard InChI is InChI=1S/C29H29FN6O2S/c1-3-4-21(12-22-14-32-17-35-27(22)31)26-10-9-24(39-26)15-34-28-25(11-19(16-37)13-33-28)29(38)36-18(2)20-5-7-23(30)8-6-20/h3-13,17-18,37H,1,14-16H2,2H3,(H,33,34)(H,36,38)(H2,31,32,35)/b21-4+,22-12+. The minimum Gasteiger partial charge on any atom is -0.392 e. The van der Waals surface area contributed by atoms with Crippen molar-refractivity contribution in [3.8, 4) is 0 Å². The number of nitrogens with zero attached hydrogens (tertiary/aromatic N) is 3. The Kier molecular flexibility index (Phi) is 9.14. The average Bonchev–Trinajstić information content (AvgIpc) is 3.42. The van der Waals surface area contributed by atoms with Crippen LogP contribution in [0.3, 0.4) is 0 Å². The van der Waals surface area contributed by atoms with Crippen molar-refractivity contribution in [3.63, 3.8) is 0 Å². The van der Waals surface area contributed by atoms with Crippen LogP contribution in [0.1, 0.15) is 44.2 Å². The molecule has 0 bridgehead atoms. The zero-order chi connectivity index (χ0) is 27.8. The highest BCUT2D eigenvalue weighted by atomic mass is 32.1. The molecule has 1 amide bonds. The Hall–Kier alpha value is -4.41. The van der Waals surface area contributed by atoms with Crippen molar-refractivity contribution in [2.24, 2.45) is 15.7 Å². The summed E-state index contributed by atoms with van der Waals surface area (Å²) < 4.78 is 13.3. The first-order valence-electron chi connectivity index (χ1n) is 12.2. The van der Waals surface area contributed by atoms with Gasteiger partial charge in [-0.3, -0.25) is 9.79 Å². The van der Waals surface area contributed by atoms with E-state index >= 15 is 0 Å². The molecule has 39 heavy (non-hydrogen) atoms. The number of aromatic nitrogens is 1. The number of allylic oxidation sites excluding steroid dienone is 4. The maximum absolute atomic E-state index is 13.3. The molecular weight excluding hydrogens is 515 g/mol. The molecule has 1 unspecified atom stereocenters. The Balaban J connectivity index is 1.50. The number of hydrogen-bond acceptors (Lipinski definition) is 8. The van der Waals surface area contributed by atoms with Gasteiger partial charge in [-0.2, -0.15) is 0 Å². The van der Waals surface area contributed by atoms with Crippen molar-refractivity contribution >= 4 is 40.8 Å². The second kappa shape index (κ2) is 12.9. The number of pyridine rings is 1. The molecule has 3 heterocycles. The fourth-order valence-corrected chi connectivity index (χ4v) is 4.80. The van der Waals surface area contributed by atoms with Gasteiger partial charge in [-0.25, -0.2) is 14.4 Å². The number of aliphatic imine (C=N–C) groups is 2.